The van der Waals surface area contributed by atoms with Crippen LogP contribution in [0, 0.1) is 20.8 Å². The molecular weight excluding hydrogens is 528 g/mol. The van der Waals surface area contributed by atoms with Gasteiger partial charge in [-0.2, -0.15) is 0 Å². The van der Waals surface area contributed by atoms with E-state index in [4.69, 9.17) is 9.72 Å². The largest absolute Gasteiger partial charge is 0.462 e. The Hall–Kier alpha value is -4.29. The maximum Gasteiger partial charge on any atom is 0.341 e. The second kappa shape index (κ2) is 11.7. The number of hydrogen-bond acceptors (Lipinski definition) is 5. The zero-order valence-corrected chi connectivity index (χ0v) is 25.1. The molecule has 0 bridgehead atoms. The van der Waals surface area contributed by atoms with Gasteiger partial charge in [0.15, 0.2) is 0 Å². The molecule has 0 unspecified atom stereocenters. The first-order chi connectivity index (χ1) is 19.7. The van der Waals surface area contributed by atoms with Crippen LogP contribution in [0.4, 0.5) is 5.00 Å². The van der Waals surface area contributed by atoms with Gasteiger partial charge >= 0.3 is 5.97 Å². The molecule has 5 aromatic rings. The van der Waals surface area contributed by atoms with Gasteiger partial charge in [-0.05, 0) is 74.1 Å². The summed E-state index contributed by atoms with van der Waals surface area (Å²) in [6.07, 6.45) is 0. The third-order valence-corrected chi connectivity index (χ3v) is 8.44. The lowest BCUT2D eigenvalue weighted by Crippen LogP contribution is -2.15. The van der Waals surface area contributed by atoms with Crippen LogP contribution in [-0.4, -0.2) is 23.5 Å². The standard InChI is InChI=1S/C35H34N2O3S/c1-7-40-35(39)32-31(25-16-14-24(15-17-25)20(2)3)23(6)41-34(32)37-33(38)28-19-30(26-13-12-21(4)22(5)18-26)36-29-11-9-8-10-27(28)29/h8-20H,7H2,1-6H3,(H,37,38). The summed E-state index contributed by atoms with van der Waals surface area (Å²) in [5.74, 6) is -0.358. The summed E-state index contributed by atoms with van der Waals surface area (Å²) in [4.78, 5) is 33.0. The number of ether oxygens (including phenoxy) is 1. The number of carbonyl (C=O) groups is 2. The lowest BCUT2D eigenvalue weighted by atomic mass is 9.96. The second-order valence-corrected chi connectivity index (χ2v) is 11.8. The molecule has 5 nitrogen and oxygen atoms in total. The second-order valence-electron chi connectivity index (χ2n) is 10.6. The molecule has 208 valence electrons. The van der Waals surface area contributed by atoms with Gasteiger partial charge in [0.05, 0.1) is 23.4 Å². The summed E-state index contributed by atoms with van der Waals surface area (Å²) in [7, 11) is 0. The molecule has 0 aliphatic heterocycles. The lowest BCUT2D eigenvalue weighted by molar-refractivity contribution is 0.0529. The maximum absolute atomic E-state index is 14.0. The monoisotopic (exact) mass is 562 g/mol. The number of para-hydroxylation sites is 1. The number of pyridine rings is 1. The van der Waals surface area contributed by atoms with E-state index in [-0.39, 0.29) is 12.5 Å². The first-order valence-corrected chi connectivity index (χ1v) is 14.7. The van der Waals surface area contributed by atoms with E-state index in [1.165, 1.54) is 22.5 Å². The summed E-state index contributed by atoms with van der Waals surface area (Å²) < 4.78 is 5.47. The number of anilines is 1. The predicted octanol–water partition coefficient (Wildman–Crippen LogP) is 9.11. The van der Waals surface area contributed by atoms with E-state index in [0.717, 1.165) is 43.7 Å². The fourth-order valence-corrected chi connectivity index (χ4v) is 6.05. The molecule has 6 heteroatoms. The molecule has 0 saturated heterocycles. The maximum atomic E-state index is 14.0. The number of thiophene rings is 1. The highest BCUT2D eigenvalue weighted by Crippen LogP contribution is 2.41. The normalized spacial score (nSPS) is 11.2. The number of rotatable bonds is 7. The number of aryl methyl sites for hydroxylation is 3. The van der Waals surface area contributed by atoms with E-state index >= 15 is 0 Å². The van der Waals surface area contributed by atoms with Crippen molar-refractivity contribution >= 4 is 39.1 Å². The molecule has 0 aliphatic carbocycles. The molecule has 41 heavy (non-hydrogen) atoms. The molecule has 0 atom stereocenters. The Bertz CT molecular complexity index is 1770. The molecule has 2 aromatic heterocycles. The van der Waals surface area contributed by atoms with Crippen molar-refractivity contribution in [2.75, 3.05) is 11.9 Å². The number of carbonyl (C=O) groups excluding carboxylic acids is 2. The summed E-state index contributed by atoms with van der Waals surface area (Å²) >= 11 is 1.38. The minimum absolute atomic E-state index is 0.237. The molecule has 3 aromatic carbocycles. The van der Waals surface area contributed by atoms with Crippen LogP contribution in [0.5, 0.6) is 0 Å². The van der Waals surface area contributed by atoms with Crippen molar-refractivity contribution in [1.82, 2.24) is 4.98 Å². The first-order valence-electron chi connectivity index (χ1n) is 13.9. The SMILES string of the molecule is CCOC(=O)c1c(NC(=O)c2cc(-c3ccc(C)c(C)c3)nc3ccccc23)sc(C)c1-c1ccc(C(C)C)cc1. The van der Waals surface area contributed by atoms with Crippen LogP contribution in [0.25, 0.3) is 33.3 Å². The fraction of sp³-hybridized carbons (Fsp3) is 0.229. The van der Waals surface area contributed by atoms with Gasteiger partial charge in [0.25, 0.3) is 5.91 Å². The fourth-order valence-electron chi connectivity index (χ4n) is 5.00. The van der Waals surface area contributed by atoms with Gasteiger partial charge in [0.2, 0.25) is 0 Å². The average Bonchev–Trinajstić information content (AvgIpc) is 3.29. The Morgan fingerprint density at radius 1 is 0.902 bits per heavy atom. The first kappa shape index (κ1) is 28.2. The summed E-state index contributed by atoms with van der Waals surface area (Å²) in [5.41, 5.74) is 8.54. The smallest absolute Gasteiger partial charge is 0.341 e. The number of nitrogens with zero attached hydrogens (tertiary/aromatic N) is 1. The van der Waals surface area contributed by atoms with E-state index < -0.39 is 5.97 Å². The summed E-state index contributed by atoms with van der Waals surface area (Å²) in [5, 5.41) is 4.29. The molecule has 5 rings (SSSR count). The van der Waals surface area contributed by atoms with Crippen LogP contribution in [0.1, 0.15) is 69.0 Å². The third-order valence-electron chi connectivity index (χ3n) is 7.42. The lowest BCUT2D eigenvalue weighted by Gasteiger charge is -2.13. The van der Waals surface area contributed by atoms with Gasteiger partial charge in [0, 0.05) is 21.4 Å². The average molecular weight is 563 g/mol. The quantitative estimate of drug-likeness (QED) is 0.201. The van der Waals surface area contributed by atoms with Gasteiger partial charge in [-0.3, -0.25) is 4.79 Å². The van der Waals surface area contributed by atoms with E-state index in [1.807, 2.05) is 55.5 Å². The molecule has 2 heterocycles. The number of fused-ring (bicyclic) bond motifs is 1. The van der Waals surface area contributed by atoms with E-state index in [9.17, 15) is 9.59 Å². The number of amides is 1. The Morgan fingerprint density at radius 2 is 1.61 bits per heavy atom. The Morgan fingerprint density at radius 3 is 2.29 bits per heavy atom. The van der Waals surface area contributed by atoms with Crippen molar-refractivity contribution in [3.8, 4) is 22.4 Å². The third kappa shape index (κ3) is 5.66. The van der Waals surface area contributed by atoms with Crippen LogP contribution < -0.4 is 5.32 Å². The molecule has 0 aliphatic rings. The van der Waals surface area contributed by atoms with Crippen LogP contribution in [0.2, 0.25) is 0 Å². The van der Waals surface area contributed by atoms with Crippen LogP contribution >= 0.6 is 11.3 Å². The highest BCUT2D eigenvalue weighted by atomic mass is 32.1. The molecule has 0 saturated carbocycles. The van der Waals surface area contributed by atoms with Gasteiger partial charge < -0.3 is 10.1 Å². The number of aromatic nitrogens is 1. The van der Waals surface area contributed by atoms with Crippen molar-refractivity contribution in [3.05, 3.63) is 105 Å². The van der Waals surface area contributed by atoms with Crippen LogP contribution in [0.3, 0.4) is 0 Å². The summed E-state index contributed by atoms with van der Waals surface area (Å²) in [6.45, 7) is 12.4. The number of benzene rings is 3. The minimum atomic E-state index is -0.453. The Kier molecular flexibility index (Phi) is 8.04. The van der Waals surface area contributed by atoms with Gasteiger partial charge in [-0.1, -0.05) is 68.4 Å². The molecule has 0 fully saturated rings. The summed E-state index contributed by atoms with van der Waals surface area (Å²) in [6, 6.07) is 23.9. The van der Waals surface area contributed by atoms with Crippen LogP contribution in [-0.2, 0) is 4.74 Å². The number of hydrogen-bond donors (Lipinski definition) is 1. The van der Waals surface area contributed by atoms with Gasteiger partial charge in [-0.25, -0.2) is 9.78 Å². The Balaban J connectivity index is 1.60. The Labute approximate surface area is 245 Å². The van der Waals surface area contributed by atoms with Crippen molar-refractivity contribution in [1.29, 1.82) is 0 Å². The van der Waals surface area contributed by atoms with Gasteiger partial charge in [0.1, 0.15) is 10.6 Å². The number of esters is 1. The zero-order chi connectivity index (χ0) is 29.3. The van der Waals surface area contributed by atoms with E-state index in [1.54, 1.807) is 6.92 Å². The minimum Gasteiger partial charge on any atom is -0.462 e. The molecule has 1 amide bonds. The molecule has 1 N–H and O–H groups in total. The van der Waals surface area contributed by atoms with Crippen LogP contribution in [0.15, 0.2) is 72.8 Å². The predicted molar refractivity (Wildman–Crippen MR) is 169 cm³/mol. The highest BCUT2D eigenvalue weighted by Gasteiger charge is 2.26. The van der Waals surface area contributed by atoms with E-state index in [0.29, 0.717) is 22.0 Å². The topological polar surface area (TPSA) is 68.3 Å². The molecule has 0 radical (unpaired) electrons. The molecular formula is C35H34N2O3S. The highest BCUT2D eigenvalue weighted by molar-refractivity contribution is 7.17. The van der Waals surface area contributed by atoms with Crippen molar-refractivity contribution in [3.63, 3.8) is 0 Å². The van der Waals surface area contributed by atoms with Crippen molar-refractivity contribution < 1.29 is 14.3 Å². The van der Waals surface area contributed by atoms with Gasteiger partial charge in [-0.15, -0.1) is 11.3 Å². The van der Waals surface area contributed by atoms with E-state index in [2.05, 4.69) is 57.3 Å². The number of nitrogens with one attached hydrogen (secondary N) is 1. The van der Waals surface area contributed by atoms with Crippen molar-refractivity contribution in [2.45, 2.75) is 47.5 Å². The van der Waals surface area contributed by atoms with Crippen molar-refractivity contribution in [2.24, 2.45) is 0 Å². The zero-order valence-electron chi connectivity index (χ0n) is 24.3. The molecule has 0 spiro atoms.